The van der Waals surface area contributed by atoms with Crippen molar-refractivity contribution >= 4 is 11.4 Å². The van der Waals surface area contributed by atoms with Gasteiger partial charge in [0.25, 0.3) is 0 Å². The summed E-state index contributed by atoms with van der Waals surface area (Å²) in [6.45, 7) is 3.84. The number of anilines is 2. The molecule has 0 amide bonds. The van der Waals surface area contributed by atoms with E-state index in [0.29, 0.717) is 0 Å². The number of ether oxygens (including phenoxy) is 1. The Morgan fingerprint density at radius 2 is 1.56 bits per heavy atom. The third-order valence-corrected chi connectivity index (χ3v) is 2.96. The predicted octanol–water partition coefficient (Wildman–Crippen LogP) is 3.38. The minimum Gasteiger partial charge on any atom is -0.399 e. The van der Waals surface area contributed by atoms with Crippen molar-refractivity contribution in [2.45, 2.75) is 45.4 Å². The predicted molar refractivity (Wildman–Crippen MR) is 78.5 cm³/mol. The van der Waals surface area contributed by atoms with Gasteiger partial charge in [-0.05, 0) is 36.6 Å². The lowest BCUT2D eigenvalue weighted by Crippen LogP contribution is -2.02. The van der Waals surface area contributed by atoms with Crippen molar-refractivity contribution in [1.29, 1.82) is 0 Å². The van der Waals surface area contributed by atoms with Crippen LogP contribution in [-0.4, -0.2) is 13.2 Å². The van der Waals surface area contributed by atoms with Crippen molar-refractivity contribution in [3.8, 4) is 0 Å². The molecule has 0 bridgehead atoms. The van der Waals surface area contributed by atoms with Crippen molar-refractivity contribution < 1.29 is 4.74 Å². The van der Waals surface area contributed by atoms with E-state index in [9.17, 15) is 0 Å². The van der Waals surface area contributed by atoms with E-state index in [1.807, 2.05) is 12.1 Å². The second-order valence-corrected chi connectivity index (χ2v) is 4.78. The summed E-state index contributed by atoms with van der Waals surface area (Å²) in [6, 6.07) is 5.69. The molecule has 3 heteroatoms. The van der Waals surface area contributed by atoms with E-state index in [4.69, 9.17) is 16.2 Å². The summed E-state index contributed by atoms with van der Waals surface area (Å²) in [4.78, 5) is 0. The summed E-state index contributed by atoms with van der Waals surface area (Å²) in [5.74, 6) is 0. The molecular weight excluding hydrogens is 224 g/mol. The Morgan fingerprint density at radius 3 is 2.22 bits per heavy atom. The Kier molecular flexibility index (Phi) is 7.26. The molecule has 0 aliphatic heterocycles. The first-order chi connectivity index (χ1) is 8.72. The van der Waals surface area contributed by atoms with Gasteiger partial charge in [-0.15, -0.1) is 0 Å². The van der Waals surface area contributed by atoms with E-state index in [2.05, 4.69) is 6.92 Å². The molecule has 0 heterocycles. The molecule has 0 unspecified atom stereocenters. The Morgan fingerprint density at radius 1 is 0.889 bits per heavy atom. The fraction of sp³-hybridized carbons (Fsp3) is 0.600. The molecular formula is C15H26N2O. The number of rotatable bonds is 9. The highest BCUT2D eigenvalue weighted by Gasteiger charge is 1.97. The van der Waals surface area contributed by atoms with Crippen LogP contribution in [0.15, 0.2) is 18.2 Å². The lowest BCUT2D eigenvalue weighted by atomic mass is 10.1. The number of hydrogen-bond acceptors (Lipinski definition) is 3. The van der Waals surface area contributed by atoms with Crippen LogP contribution in [0.1, 0.15) is 44.6 Å². The van der Waals surface area contributed by atoms with Crippen LogP contribution in [0.2, 0.25) is 0 Å². The van der Waals surface area contributed by atoms with Gasteiger partial charge in [0.05, 0.1) is 6.61 Å². The normalized spacial score (nSPS) is 10.7. The smallest absolute Gasteiger partial charge is 0.0506 e. The van der Waals surface area contributed by atoms with E-state index < -0.39 is 0 Å². The SMILES string of the molecule is CCCCCCCOCCc1cc(N)cc(N)c1. The average Bonchev–Trinajstić information content (AvgIpc) is 2.31. The molecule has 1 aromatic rings. The molecule has 0 fully saturated rings. The van der Waals surface area contributed by atoms with Crippen molar-refractivity contribution in [2.24, 2.45) is 0 Å². The van der Waals surface area contributed by atoms with Crippen LogP contribution in [-0.2, 0) is 11.2 Å². The zero-order valence-electron chi connectivity index (χ0n) is 11.5. The first-order valence-electron chi connectivity index (χ1n) is 6.95. The van der Waals surface area contributed by atoms with Gasteiger partial charge in [0.1, 0.15) is 0 Å². The van der Waals surface area contributed by atoms with E-state index in [0.717, 1.165) is 36.6 Å². The average molecular weight is 250 g/mol. The van der Waals surface area contributed by atoms with Crippen molar-refractivity contribution in [2.75, 3.05) is 24.7 Å². The van der Waals surface area contributed by atoms with E-state index >= 15 is 0 Å². The summed E-state index contributed by atoms with van der Waals surface area (Å²) in [6.07, 6.45) is 7.27. The lowest BCUT2D eigenvalue weighted by molar-refractivity contribution is 0.133. The zero-order chi connectivity index (χ0) is 13.2. The second kappa shape index (κ2) is 8.81. The van der Waals surface area contributed by atoms with E-state index in [1.54, 1.807) is 6.07 Å². The molecule has 0 atom stereocenters. The molecule has 1 aromatic carbocycles. The lowest BCUT2D eigenvalue weighted by Gasteiger charge is -2.06. The molecule has 3 nitrogen and oxygen atoms in total. The maximum absolute atomic E-state index is 5.74. The van der Waals surface area contributed by atoms with Gasteiger partial charge in [-0.2, -0.15) is 0 Å². The Labute approximate surface area is 111 Å². The van der Waals surface area contributed by atoms with Crippen LogP contribution in [0.25, 0.3) is 0 Å². The van der Waals surface area contributed by atoms with E-state index in [1.165, 1.54) is 32.1 Å². The summed E-state index contributed by atoms with van der Waals surface area (Å²) in [5.41, 5.74) is 14.1. The third kappa shape index (κ3) is 6.50. The standard InChI is InChI=1S/C15H26N2O/c1-2-3-4-5-6-8-18-9-7-13-10-14(16)12-15(17)11-13/h10-12H,2-9,16-17H2,1H3. The second-order valence-electron chi connectivity index (χ2n) is 4.78. The van der Waals surface area contributed by atoms with Gasteiger partial charge < -0.3 is 16.2 Å². The minimum absolute atomic E-state index is 0.726. The van der Waals surface area contributed by atoms with Crippen LogP contribution >= 0.6 is 0 Å². The molecule has 0 saturated carbocycles. The van der Waals surface area contributed by atoms with Gasteiger partial charge in [0, 0.05) is 18.0 Å². The van der Waals surface area contributed by atoms with Gasteiger partial charge >= 0.3 is 0 Å². The van der Waals surface area contributed by atoms with E-state index in [-0.39, 0.29) is 0 Å². The molecule has 0 saturated heterocycles. The first kappa shape index (κ1) is 14.8. The third-order valence-electron chi connectivity index (χ3n) is 2.96. The Balaban J connectivity index is 2.07. The van der Waals surface area contributed by atoms with Crippen LogP contribution in [0.3, 0.4) is 0 Å². The number of nitrogen functional groups attached to an aromatic ring is 2. The summed E-state index contributed by atoms with van der Waals surface area (Å²) < 4.78 is 5.62. The van der Waals surface area contributed by atoms with Crippen molar-refractivity contribution in [1.82, 2.24) is 0 Å². The van der Waals surface area contributed by atoms with Gasteiger partial charge in [-0.25, -0.2) is 0 Å². The maximum Gasteiger partial charge on any atom is 0.0506 e. The van der Waals surface area contributed by atoms with Gasteiger partial charge in [0.15, 0.2) is 0 Å². The van der Waals surface area contributed by atoms with Crippen LogP contribution < -0.4 is 11.5 Å². The number of unbranched alkanes of at least 4 members (excludes halogenated alkanes) is 4. The van der Waals surface area contributed by atoms with Crippen LogP contribution in [0.5, 0.6) is 0 Å². The topological polar surface area (TPSA) is 61.3 Å². The highest BCUT2D eigenvalue weighted by atomic mass is 16.5. The molecule has 18 heavy (non-hydrogen) atoms. The van der Waals surface area contributed by atoms with Gasteiger partial charge in [0.2, 0.25) is 0 Å². The van der Waals surface area contributed by atoms with Crippen molar-refractivity contribution in [3.05, 3.63) is 23.8 Å². The molecule has 4 N–H and O–H groups in total. The largest absolute Gasteiger partial charge is 0.399 e. The van der Waals surface area contributed by atoms with Crippen LogP contribution in [0.4, 0.5) is 11.4 Å². The Bertz CT molecular complexity index is 319. The highest BCUT2D eigenvalue weighted by Crippen LogP contribution is 2.14. The summed E-state index contributed by atoms with van der Waals surface area (Å²) in [7, 11) is 0. The maximum atomic E-state index is 5.74. The van der Waals surface area contributed by atoms with Crippen LogP contribution in [0, 0.1) is 0 Å². The first-order valence-corrected chi connectivity index (χ1v) is 6.95. The Hall–Kier alpha value is -1.22. The molecule has 0 aliphatic rings. The fourth-order valence-electron chi connectivity index (χ4n) is 1.99. The number of nitrogens with two attached hydrogens (primary N) is 2. The van der Waals surface area contributed by atoms with Gasteiger partial charge in [-0.1, -0.05) is 32.6 Å². The molecule has 1 rings (SSSR count). The molecule has 0 aromatic heterocycles. The molecule has 0 aliphatic carbocycles. The summed E-state index contributed by atoms with van der Waals surface area (Å²) >= 11 is 0. The number of hydrogen-bond donors (Lipinski definition) is 2. The quantitative estimate of drug-likeness (QED) is 0.521. The number of benzene rings is 1. The van der Waals surface area contributed by atoms with Gasteiger partial charge in [-0.3, -0.25) is 0 Å². The molecule has 0 radical (unpaired) electrons. The minimum atomic E-state index is 0.726. The highest BCUT2D eigenvalue weighted by molar-refractivity contribution is 5.54. The summed E-state index contributed by atoms with van der Waals surface area (Å²) in [5, 5.41) is 0. The fourth-order valence-corrected chi connectivity index (χ4v) is 1.99. The monoisotopic (exact) mass is 250 g/mol. The molecule has 0 spiro atoms. The molecule has 102 valence electrons. The zero-order valence-corrected chi connectivity index (χ0v) is 11.5. The van der Waals surface area contributed by atoms with Crippen molar-refractivity contribution in [3.63, 3.8) is 0 Å².